The topological polar surface area (TPSA) is 69.5 Å². The molecule has 4 heterocycles. The number of thioether (sulfide) groups is 1. The Bertz CT molecular complexity index is 1720. The molecule has 0 amide bonds. The highest BCUT2D eigenvalue weighted by Crippen LogP contribution is 2.26. The van der Waals surface area contributed by atoms with Gasteiger partial charge in [-0.2, -0.15) is 0 Å². The number of para-hydroxylation sites is 1. The molecule has 0 aliphatic carbocycles. The normalized spacial score (nSPS) is 11.7. The SMILES string of the molecule is Cc1ccc(-n2c(=O)c3ccccc3n3c(SCc4cn5cc(Cl)ccc5n4)nnc23)cc1. The molecule has 6 rings (SSSR count). The van der Waals surface area contributed by atoms with Crippen molar-refractivity contribution >= 4 is 45.7 Å². The van der Waals surface area contributed by atoms with Crippen LogP contribution in [0.4, 0.5) is 0 Å². The van der Waals surface area contributed by atoms with Crippen LogP contribution in [0.15, 0.2) is 83.0 Å². The molecular formula is C24H17ClN6OS. The number of imidazole rings is 1. The van der Waals surface area contributed by atoms with Crippen LogP contribution in [0.2, 0.25) is 5.02 Å². The van der Waals surface area contributed by atoms with Crippen LogP contribution in [-0.4, -0.2) is 28.5 Å². The predicted octanol–water partition coefficient (Wildman–Crippen LogP) is 4.94. The van der Waals surface area contributed by atoms with E-state index in [0.717, 1.165) is 28.1 Å². The van der Waals surface area contributed by atoms with Crippen LogP contribution < -0.4 is 5.56 Å². The van der Waals surface area contributed by atoms with Gasteiger partial charge in [0.15, 0.2) is 5.16 Å². The maximum absolute atomic E-state index is 13.4. The van der Waals surface area contributed by atoms with Crippen LogP contribution in [0.1, 0.15) is 11.3 Å². The number of hydrogen-bond acceptors (Lipinski definition) is 5. The summed E-state index contributed by atoms with van der Waals surface area (Å²) in [7, 11) is 0. The van der Waals surface area contributed by atoms with Gasteiger partial charge in [-0.15, -0.1) is 10.2 Å². The minimum atomic E-state index is -0.122. The minimum absolute atomic E-state index is 0.122. The largest absolute Gasteiger partial charge is 0.305 e. The molecule has 0 fully saturated rings. The fourth-order valence-corrected chi connectivity index (χ4v) is 4.92. The van der Waals surface area contributed by atoms with Gasteiger partial charge in [-0.3, -0.25) is 9.20 Å². The Morgan fingerprint density at radius 1 is 0.970 bits per heavy atom. The third-order valence-corrected chi connectivity index (χ3v) is 6.69. The van der Waals surface area contributed by atoms with Crippen molar-refractivity contribution in [2.75, 3.05) is 0 Å². The molecule has 0 spiro atoms. The molecule has 0 N–H and O–H groups in total. The molecule has 0 atom stereocenters. The Morgan fingerprint density at radius 2 is 1.79 bits per heavy atom. The van der Waals surface area contributed by atoms with Gasteiger partial charge in [0.2, 0.25) is 5.78 Å². The summed E-state index contributed by atoms with van der Waals surface area (Å²) in [4.78, 5) is 18.0. The van der Waals surface area contributed by atoms with Crippen molar-refractivity contribution in [3.63, 3.8) is 0 Å². The molecule has 162 valence electrons. The second-order valence-corrected chi connectivity index (χ2v) is 9.12. The average Bonchev–Trinajstić information content (AvgIpc) is 3.42. The van der Waals surface area contributed by atoms with Crippen LogP contribution in [0.5, 0.6) is 0 Å². The van der Waals surface area contributed by atoms with Crippen molar-refractivity contribution < 1.29 is 0 Å². The first-order chi connectivity index (χ1) is 16.1. The Kier molecular flexibility index (Phi) is 4.70. The number of halogens is 1. The zero-order chi connectivity index (χ0) is 22.5. The maximum atomic E-state index is 13.4. The van der Waals surface area contributed by atoms with Crippen LogP contribution >= 0.6 is 23.4 Å². The van der Waals surface area contributed by atoms with E-state index < -0.39 is 0 Å². The Morgan fingerprint density at radius 3 is 2.64 bits per heavy atom. The lowest BCUT2D eigenvalue weighted by Crippen LogP contribution is -2.21. The first-order valence-corrected chi connectivity index (χ1v) is 11.7. The van der Waals surface area contributed by atoms with Crippen molar-refractivity contribution in [2.24, 2.45) is 0 Å². The fraction of sp³-hybridized carbons (Fsp3) is 0.0833. The van der Waals surface area contributed by atoms with E-state index in [1.165, 1.54) is 11.8 Å². The average molecular weight is 473 g/mol. The summed E-state index contributed by atoms with van der Waals surface area (Å²) in [5, 5.41) is 10.8. The number of aryl methyl sites for hydroxylation is 1. The van der Waals surface area contributed by atoms with E-state index in [9.17, 15) is 4.79 Å². The number of fused-ring (bicyclic) bond motifs is 4. The molecule has 0 unspecified atom stereocenters. The number of nitrogens with zero attached hydrogens (tertiary/aromatic N) is 6. The van der Waals surface area contributed by atoms with Crippen LogP contribution in [0.25, 0.3) is 28.0 Å². The van der Waals surface area contributed by atoms with Crippen LogP contribution in [-0.2, 0) is 5.75 Å². The lowest BCUT2D eigenvalue weighted by Gasteiger charge is -2.11. The van der Waals surface area contributed by atoms with E-state index in [4.69, 9.17) is 11.6 Å². The van der Waals surface area contributed by atoms with Crippen LogP contribution in [0, 0.1) is 6.92 Å². The summed E-state index contributed by atoms with van der Waals surface area (Å²) in [6.07, 6.45) is 3.79. The van der Waals surface area contributed by atoms with Crippen molar-refractivity contribution in [2.45, 2.75) is 17.8 Å². The fourth-order valence-electron chi connectivity index (χ4n) is 3.92. The van der Waals surface area contributed by atoms with Gasteiger partial charge < -0.3 is 4.40 Å². The molecule has 6 aromatic rings. The van der Waals surface area contributed by atoms with Crippen molar-refractivity contribution in [3.05, 3.63) is 99.7 Å². The standard InChI is InChI=1S/C24H17ClN6OS/c1-15-6-9-18(10-7-15)30-22(32)19-4-2-3-5-20(19)31-23(30)27-28-24(31)33-14-17-13-29-12-16(25)8-11-21(29)26-17/h2-13H,14H2,1H3. The highest BCUT2D eigenvalue weighted by Gasteiger charge is 2.18. The van der Waals surface area contributed by atoms with Gasteiger partial charge in [-0.1, -0.05) is 53.2 Å². The van der Waals surface area contributed by atoms with Gasteiger partial charge in [0.25, 0.3) is 5.56 Å². The molecular weight excluding hydrogens is 456 g/mol. The van der Waals surface area contributed by atoms with E-state index >= 15 is 0 Å². The lowest BCUT2D eigenvalue weighted by molar-refractivity contribution is 0.929. The van der Waals surface area contributed by atoms with Crippen molar-refractivity contribution in [3.8, 4) is 5.69 Å². The monoisotopic (exact) mass is 472 g/mol. The quantitative estimate of drug-likeness (QED) is 0.340. The van der Waals surface area contributed by atoms with Gasteiger partial charge in [0.1, 0.15) is 5.65 Å². The Labute approximate surface area is 197 Å². The Balaban J connectivity index is 1.49. The molecule has 0 saturated carbocycles. The summed E-state index contributed by atoms with van der Waals surface area (Å²) in [6, 6.07) is 19.1. The van der Waals surface area contributed by atoms with E-state index in [2.05, 4.69) is 15.2 Å². The number of benzene rings is 2. The number of rotatable bonds is 4. The number of pyridine rings is 1. The van der Waals surface area contributed by atoms with E-state index in [1.54, 1.807) is 4.57 Å². The van der Waals surface area contributed by atoms with Gasteiger partial charge in [-0.25, -0.2) is 9.55 Å². The minimum Gasteiger partial charge on any atom is -0.305 e. The molecule has 0 radical (unpaired) electrons. The zero-order valence-corrected chi connectivity index (χ0v) is 19.1. The lowest BCUT2D eigenvalue weighted by atomic mass is 10.2. The van der Waals surface area contributed by atoms with Crippen molar-refractivity contribution in [1.29, 1.82) is 0 Å². The number of aromatic nitrogens is 6. The highest BCUT2D eigenvalue weighted by molar-refractivity contribution is 7.98. The smallest absolute Gasteiger partial charge is 0.267 e. The van der Waals surface area contributed by atoms with E-state index in [0.29, 0.717) is 27.1 Å². The summed E-state index contributed by atoms with van der Waals surface area (Å²) in [5.41, 5.74) is 4.26. The summed E-state index contributed by atoms with van der Waals surface area (Å²) in [5.74, 6) is 1.07. The predicted molar refractivity (Wildman–Crippen MR) is 131 cm³/mol. The van der Waals surface area contributed by atoms with E-state index in [-0.39, 0.29) is 5.56 Å². The first-order valence-electron chi connectivity index (χ1n) is 10.3. The molecule has 7 nitrogen and oxygen atoms in total. The Hall–Kier alpha value is -3.62. The third kappa shape index (κ3) is 3.39. The molecule has 2 aromatic carbocycles. The summed E-state index contributed by atoms with van der Waals surface area (Å²) in [6.45, 7) is 2.02. The van der Waals surface area contributed by atoms with Crippen LogP contribution in [0.3, 0.4) is 0 Å². The molecule has 0 aliphatic rings. The second-order valence-electron chi connectivity index (χ2n) is 7.74. The first kappa shape index (κ1) is 20.0. The zero-order valence-electron chi connectivity index (χ0n) is 17.5. The molecule has 4 aromatic heterocycles. The van der Waals surface area contributed by atoms with Gasteiger partial charge in [-0.05, 0) is 43.3 Å². The summed E-state index contributed by atoms with van der Waals surface area (Å²) >= 11 is 7.61. The third-order valence-electron chi connectivity index (χ3n) is 5.50. The molecule has 0 aliphatic heterocycles. The van der Waals surface area contributed by atoms with Crippen molar-refractivity contribution in [1.82, 2.24) is 28.5 Å². The number of hydrogen-bond donors (Lipinski definition) is 0. The second kappa shape index (κ2) is 7.75. The van der Waals surface area contributed by atoms with Gasteiger partial charge in [0.05, 0.1) is 27.3 Å². The molecule has 0 saturated heterocycles. The summed E-state index contributed by atoms with van der Waals surface area (Å²) < 4.78 is 5.46. The van der Waals surface area contributed by atoms with Gasteiger partial charge in [0, 0.05) is 18.1 Å². The molecule has 33 heavy (non-hydrogen) atoms. The molecule has 9 heteroatoms. The van der Waals surface area contributed by atoms with E-state index in [1.807, 2.05) is 88.8 Å². The molecule has 0 bridgehead atoms. The highest BCUT2D eigenvalue weighted by atomic mass is 35.5. The maximum Gasteiger partial charge on any atom is 0.267 e. The van der Waals surface area contributed by atoms with Gasteiger partial charge >= 0.3 is 0 Å².